The molecule has 2 aromatic heterocycles. The molecule has 0 fully saturated rings. The topological polar surface area (TPSA) is 50.9 Å². The van der Waals surface area contributed by atoms with Crippen LogP contribution in [0.4, 0.5) is 0 Å². The third-order valence-electron chi connectivity index (χ3n) is 11.1. The number of aryl methyl sites for hydroxylation is 1. The van der Waals surface area contributed by atoms with E-state index < -0.39 is 6.85 Å². The van der Waals surface area contributed by atoms with Crippen LogP contribution in [-0.4, -0.2) is 19.6 Å². The Morgan fingerprint density at radius 2 is 1.33 bits per heavy atom. The molecule has 0 saturated heterocycles. The number of hydrogen-bond acceptors (Lipinski definition) is 3. The molecular weight excluding hydrogens is 878 g/mol. The molecule has 4 nitrogen and oxygen atoms in total. The largest absolute Gasteiger partial charge is 0.507 e. The van der Waals surface area contributed by atoms with E-state index in [4.69, 9.17) is 14.1 Å². The Hall–Kier alpha value is -6.35. The van der Waals surface area contributed by atoms with Gasteiger partial charge in [-0.2, -0.15) is 0 Å². The first-order chi connectivity index (χ1) is 28.6. The van der Waals surface area contributed by atoms with Gasteiger partial charge in [-0.1, -0.05) is 163 Å². The number of para-hydroxylation sites is 2. The Morgan fingerprint density at radius 3 is 2.11 bits per heavy atom. The van der Waals surface area contributed by atoms with Crippen molar-refractivity contribution in [2.45, 2.75) is 26.1 Å². The minimum Gasteiger partial charge on any atom is -0.507 e. The Bertz CT molecular complexity index is 3080. The second kappa shape index (κ2) is 14.3. The predicted molar refractivity (Wildman–Crippen MR) is 229 cm³/mol. The number of aromatic hydroxyl groups is 1. The Kier molecular flexibility index (Phi) is 8.24. The second-order valence-corrected chi connectivity index (χ2v) is 14.9. The summed E-state index contributed by atoms with van der Waals surface area (Å²) >= 11 is 0. The fraction of sp³-hybridized carbons (Fsp3) is 0.0769. The van der Waals surface area contributed by atoms with E-state index in [2.05, 4.69) is 74.5 Å². The molecule has 0 bridgehead atoms. The van der Waals surface area contributed by atoms with E-state index >= 15 is 0 Å². The zero-order valence-electron chi connectivity index (χ0n) is 34.3. The van der Waals surface area contributed by atoms with E-state index in [1.807, 2.05) is 95.7 Å². The molecule has 278 valence electrons. The van der Waals surface area contributed by atoms with Crippen molar-refractivity contribution >= 4 is 11.0 Å². The van der Waals surface area contributed by atoms with Crippen molar-refractivity contribution in [3.63, 3.8) is 0 Å². The Balaban J connectivity index is 0.00000462. The molecule has 1 aliphatic carbocycles. The van der Waals surface area contributed by atoms with Crippen LogP contribution in [0.3, 0.4) is 0 Å². The number of rotatable bonds is 6. The van der Waals surface area contributed by atoms with Crippen molar-refractivity contribution in [2.24, 2.45) is 0 Å². The van der Waals surface area contributed by atoms with E-state index in [0.29, 0.717) is 16.9 Å². The van der Waals surface area contributed by atoms with Gasteiger partial charge < -0.3 is 5.11 Å². The van der Waals surface area contributed by atoms with Crippen molar-refractivity contribution in [3.8, 4) is 78.6 Å². The van der Waals surface area contributed by atoms with Gasteiger partial charge in [0.05, 0.1) is 22.3 Å². The zero-order chi connectivity index (χ0) is 40.5. The zero-order valence-corrected chi connectivity index (χ0v) is 33.5. The van der Waals surface area contributed by atoms with Crippen molar-refractivity contribution in [1.29, 1.82) is 0 Å². The Labute approximate surface area is 351 Å². The summed E-state index contributed by atoms with van der Waals surface area (Å²) in [6.45, 7) is 2.24. The number of imidazole rings is 1. The van der Waals surface area contributed by atoms with E-state index in [-0.39, 0.29) is 37.8 Å². The average molecular weight is 919 g/mol. The summed E-state index contributed by atoms with van der Waals surface area (Å²) in [4.78, 5) is 10.4. The van der Waals surface area contributed by atoms with Gasteiger partial charge in [-0.25, -0.2) is 4.98 Å². The number of pyridine rings is 1. The molecule has 0 unspecified atom stereocenters. The number of phenolic OH excluding ortho intramolecular Hbond substituents is 1. The molecule has 0 spiro atoms. The van der Waals surface area contributed by atoms with E-state index in [0.717, 1.165) is 61.4 Å². The van der Waals surface area contributed by atoms with Gasteiger partial charge in [0, 0.05) is 42.6 Å². The van der Waals surface area contributed by atoms with E-state index in [1.54, 1.807) is 24.3 Å². The van der Waals surface area contributed by atoms with Gasteiger partial charge in [-0.05, 0) is 76.5 Å². The first-order valence-electron chi connectivity index (χ1n) is 20.3. The molecule has 0 saturated carbocycles. The van der Waals surface area contributed by atoms with Gasteiger partial charge in [0.2, 0.25) is 0 Å². The van der Waals surface area contributed by atoms with Crippen LogP contribution < -0.4 is 0 Å². The third kappa shape index (κ3) is 6.04. The Morgan fingerprint density at radius 1 is 0.632 bits per heavy atom. The minimum atomic E-state index is -2.31. The molecule has 1 aliphatic rings. The first kappa shape index (κ1) is 32.8. The summed E-state index contributed by atoms with van der Waals surface area (Å²) < 4.78 is 26.8. The maximum absolute atomic E-state index is 11.4. The van der Waals surface area contributed by atoms with Crippen LogP contribution >= 0.6 is 0 Å². The quantitative estimate of drug-likeness (QED) is 0.169. The van der Waals surface area contributed by atoms with Crippen molar-refractivity contribution in [2.75, 3.05) is 0 Å². The SMILES string of the molecule is [2H]C([2H])([2H])c1ccc(-n2c(-c3ccccc3O)nc3c(-c4[c-]c(-c5cc(-c6ccccc6)ccn5)c5c(c4)-c4ccccc4C5(C)C)cccc32)c(-c2ccccc2)c1.[Pt]. The summed E-state index contributed by atoms with van der Waals surface area (Å²) in [5, 5.41) is 11.4. The van der Waals surface area contributed by atoms with E-state index in [9.17, 15) is 5.11 Å². The van der Waals surface area contributed by atoms with Crippen LogP contribution in [-0.2, 0) is 26.5 Å². The van der Waals surface area contributed by atoms with Gasteiger partial charge in [0.25, 0.3) is 0 Å². The maximum atomic E-state index is 11.4. The van der Waals surface area contributed by atoms with Gasteiger partial charge in [0.1, 0.15) is 11.6 Å². The maximum Gasteiger partial charge on any atom is 0.148 e. The summed E-state index contributed by atoms with van der Waals surface area (Å²) in [7, 11) is 0. The van der Waals surface area contributed by atoms with Crippen molar-refractivity contribution in [3.05, 3.63) is 193 Å². The van der Waals surface area contributed by atoms with Crippen molar-refractivity contribution < 1.29 is 30.3 Å². The molecule has 1 N–H and O–H groups in total. The molecular formula is C52H38N3OPt-. The number of benzene rings is 7. The molecule has 0 atom stereocenters. The molecule has 0 radical (unpaired) electrons. The van der Waals surface area contributed by atoms with Crippen LogP contribution in [0.1, 0.15) is 34.7 Å². The normalized spacial score (nSPS) is 13.5. The molecule has 9 aromatic rings. The average Bonchev–Trinajstić information content (AvgIpc) is 3.76. The number of nitrogens with zero attached hydrogens (tertiary/aromatic N) is 3. The van der Waals surface area contributed by atoms with Crippen LogP contribution in [0.15, 0.2) is 170 Å². The van der Waals surface area contributed by atoms with Gasteiger partial charge in [-0.3, -0.25) is 9.55 Å². The summed E-state index contributed by atoms with van der Waals surface area (Å²) in [6.07, 6.45) is 1.88. The number of fused-ring (bicyclic) bond motifs is 4. The summed E-state index contributed by atoms with van der Waals surface area (Å²) in [5.74, 6) is 0.607. The molecule has 5 heteroatoms. The molecule has 0 amide bonds. The van der Waals surface area contributed by atoms with Gasteiger partial charge in [-0.15, -0.1) is 17.7 Å². The van der Waals surface area contributed by atoms with E-state index in [1.165, 1.54) is 16.7 Å². The van der Waals surface area contributed by atoms with Gasteiger partial charge >= 0.3 is 0 Å². The minimum absolute atomic E-state index is 0. The molecule has 0 aliphatic heterocycles. The number of aromatic nitrogens is 3. The van der Waals surface area contributed by atoms with Gasteiger partial charge in [0.15, 0.2) is 0 Å². The molecule has 7 aromatic carbocycles. The van der Waals surface area contributed by atoms with Crippen LogP contribution in [0.2, 0.25) is 0 Å². The number of hydrogen-bond donors (Lipinski definition) is 1. The second-order valence-electron chi connectivity index (χ2n) is 14.9. The standard InChI is InChI=1S/C52H38N3O.Pt/c1-33-25-26-46(41(29-33)35-17-8-5-9-18-35)55-47-23-14-21-38(50(47)54-51(55)40-20-11-13-24-48(40)56)37-30-42-39-19-10-12-22-44(39)52(2,3)49(42)43(31-37)45-32-36(27-28-53-45)34-15-6-4-7-16-34;/h4-30,32,56H,1-3H3;/q-1;/i1D3;. The molecule has 10 rings (SSSR count). The third-order valence-corrected chi connectivity index (χ3v) is 11.1. The van der Waals surface area contributed by atoms with Crippen LogP contribution in [0.5, 0.6) is 5.75 Å². The smallest absolute Gasteiger partial charge is 0.148 e. The fourth-order valence-electron chi connectivity index (χ4n) is 8.54. The first-order valence-corrected chi connectivity index (χ1v) is 18.8. The predicted octanol–water partition coefficient (Wildman–Crippen LogP) is 12.9. The van der Waals surface area contributed by atoms with Crippen LogP contribution in [0.25, 0.3) is 83.9 Å². The fourth-order valence-corrected chi connectivity index (χ4v) is 8.54. The molecule has 57 heavy (non-hydrogen) atoms. The monoisotopic (exact) mass is 918 g/mol. The summed E-state index contributed by atoms with van der Waals surface area (Å²) in [5.41, 5.74) is 14.7. The number of phenols is 1. The van der Waals surface area contributed by atoms with Crippen molar-refractivity contribution in [1.82, 2.24) is 14.5 Å². The van der Waals surface area contributed by atoms with Crippen LogP contribution in [0, 0.1) is 12.9 Å². The molecule has 2 heterocycles. The summed E-state index contributed by atoms with van der Waals surface area (Å²) in [6, 6.07) is 57.7.